The number of rotatable bonds is 5. The van der Waals surface area contributed by atoms with Gasteiger partial charge in [-0.25, -0.2) is 24.5 Å². The van der Waals surface area contributed by atoms with Crippen molar-refractivity contribution in [3.63, 3.8) is 0 Å². The van der Waals surface area contributed by atoms with Crippen molar-refractivity contribution in [1.82, 2.24) is 24.4 Å². The van der Waals surface area contributed by atoms with E-state index in [1.54, 1.807) is 17.0 Å². The Morgan fingerprint density at radius 2 is 1.88 bits per heavy atom. The van der Waals surface area contributed by atoms with E-state index in [1.165, 1.54) is 30.1 Å². The summed E-state index contributed by atoms with van der Waals surface area (Å²) in [5.74, 6) is 6.44. The maximum Gasteiger partial charge on any atom is 0.415 e. The summed E-state index contributed by atoms with van der Waals surface area (Å²) in [6.07, 6.45) is -1.56. The number of amides is 1. The molecule has 2 saturated heterocycles. The van der Waals surface area contributed by atoms with E-state index >= 15 is 0 Å². The molecule has 4 heterocycles. The van der Waals surface area contributed by atoms with Gasteiger partial charge >= 0.3 is 12.1 Å². The third kappa shape index (κ3) is 5.93. The third-order valence-electron chi connectivity index (χ3n) is 7.18. The zero-order valence-electron chi connectivity index (χ0n) is 22.2. The van der Waals surface area contributed by atoms with Gasteiger partial charge in [-0.05, 0) is 48.9 Å². The lowest BCUT2D eigenvalue weighted by Crippen LogP contribution is -2.40. The summed E-state index contributed by atoms with van der Waals surface area (Å²) in [4.78, 5) is 38.6. The summed E-state index contributed by atoms with van der Waals surface area (Å²) in [5, 5.41) is 29.9. The van der Waals surface area contributed by atoms with E-state index in [2.05, 4.69) is 31.5 Å². The van der Waals surface area contributed by atoms with E-state index in [1.807, 2.05) is 0 Å². The average Bonchev–Trinajstić information content (AvgIpc) is 3.53. The van der Waals surface area contributed by atoms with Crippen molar-refractivity contribution in [2.24, 2.45) is 5.92 Å². The van der Waals surface area contributed by atoms with Gasteiger partial charge in [0.1, 0.15) is 29.6 Å². The van der Waals surface area contributed by atoms with Gasteiger partial charge in [-0.3, -0.25) is 4.57 Å². The molecule has 14 heteroatoms. The predicted molar refractivity (Wildman–Crippen MR) is 142 cm³/mol. The zero-order valence-corrected chi connectivity index (χ0v) is 22.2. The smallest absolute Gasteiger partial charge is 0.415 e. The SMILES string of the molecule is COC(=O)c1ccc(OC(=O)N2CCC(CC#Cc3nc(N)c4ncn([C@@H]5O[C@H](CO)C(O)C5O)c4n3)CC2)cc1. The van der Waals surface area contributed by atoms with Gasteiger partial charge in [0.25, 0.3) is 0 Å². The number of aliphatic hydroxyl groups is 3. The topological polar surface area (TPSA) is 195 Å². The maximum absolute atomic E-state index is 12.6. The number of carbonyl (C=O) groups is 2. The first-order chi connectivity index (χ1) is 19.8. The van der Waals surface area contributed by atoms with E-state index in [0.717, 1.165) is 12.8 Å². The number of likely N-dealkylation sites (tertiary alicyclic amines) is 1. The van der Waals surface area contributed by atoms with Crippen molar-refractivity contribution in [2.75, 3.05) is 32.5 Å². The number of piperidine rings is 1. The molecule has 1 amide bonds. The number of aliphatic hydroxyl groups excluding tert-OH is 3. The van der Waals surface area contributed by atoms with E-state index in [9.17, 15) is 24.9 Å². The van der Waals surface area contributed by atoms with Gasteiger partial charge in [0.05, 0.1) is 25.6 Å². The Kier molecular flexibility index (Phi) is 8.31. The van der Waals surface area contributed by atoms with Crippen LogP contribution in [0, 0.1) is 17.8 Å². The lowest BCUT2D eigenvalue weighted by molar-refractivity contribution is -0.0511. The highest BCUT2D eigenvalue weighted by Gasteiger charge is 2.44. The fraction of sp³-hybridized carbons (Fsp3) is 0.444. The Morgan fingerprint density at radius 3 is 2.54 bits per heavy atom. The first kappa shape index (κ1) is 28.2. The van der Waals surface area contributed by atoms with Crippen molar-refractivity contribution in [3.8, 4) is 17.6 Å². The average molecular weight is 567 g/mol. The Bertz CT molecular complexity index is 1470. The first-order valence-corrected chi connectivity index (χ1v) is 13.1. The molecule has 41 heavy (non-hydrogen) atoms. The summed E-state index contributed by atoms with van der Waals surface area (Å²) in [7, 11) is 1.30. The first-order valence-electron chi connectivity index (χ1n) is 13.1. The van der Waals surface area contributed by atoms with Crippen LogP contribution in [0.2, 0.25) is 0 Å². The number of methoxy groups -OCH3 is 1. The fourth-order valence-electron chi connectivity index (χ4n) is 4.83. The molecule has 0 radical (unpaired) electrons. The van der Waals surface area contributed by atoms with Gasteiger partial charge in [0.15, 0.2) is 17.7 Å². The molecule has 2 aliphatic heterocycles. The lowest BCUT2D eigenvalue weighted by atomic mass is 9.94. The highest BCUT2D eigenvalue weighted by atomic mass is 16.6. The predicted octanol–water partition coefficient (Wildman–Crippen LogP) is 0.459. The molecule has 2 fully saturated rings. The van der Waals surface area contributed by atoms with Crippen LogP contribution in [-0.4, -0.2) is 96.9 Å². The maximum atomic E-state index is 12.6. The van der Waals surface area contributed by atoms with Crippen molar-refractivity contribution in [2.45, 2.75) is 43.8 Å². The number of ether oxygens (including phenoxy) is 3. The van der Waals surface area contributed by atoms with Gasteiger partial charge in [-0.2, -0.15) is 0 Å². The van der Waals surface area contributed by atoms with Crippen molar-refractivity contribution >= 4 is 29.0 Å². The van der Waals surface area contributed by atoms with Gasteiger partial charge in [-0.1, -0.05) is 5.92 Å². The van der Waals surface area contributed by atoms with Gasteiger partial charge in [0.2, 0.25) is 5.82 Å². The molecule has 2 aromatic heterocycles. The molecule has 216 valence electrons. The number of benzene rings is 1. The van der Waals surface area contributed by atoms with E-state index in [-0.39, 0.29) is 23.2 Å². The minimum Gasteiger partial charge on any atom is -0.465 e. The number of carbonyl (C=O) groups excluding carboxylic acids is 2. The van der Waals surface area contributed by atoms with Crippen LogP contribution < -0.4 is 10.5 Å². The van der Waals surface area contributed by atoms with Crippen LogP contribution in [0.4, 0.5) is 10.6 Å². The third-order valence-corrected chi connectivity index (χ3v) is 7.18. The molecule has 3 aromatic rings. The van der Waals surface area contributed by atoms with Crippen LogP contribution in [0.25, 0.3) is 11.2 Å². The van der Waals surface area contributed by atoms with Gasteiger partial charge < -0.3 is 40.2 Å². The zero-order chi connectivity index (χ0) is 29.1. The van der Waals surface area contributed by atoms with Crippen molar-refractivity contribution < 1.29 is 39.1 Å². The van der Waals surface area contributed by atoms with Gasteiger partial charge in [-0.15, -0.1) is 0 Å². The number of fused-ring (bicyclic) bond motifs is 1. The lowest BCUT2D eigenvalue weighted by Gasteiger charge is -2.30. The van der Waals surface area contributed by atoms with Crippen LogP contribution in [0.1, 0.15) is 41.7 Å². The number of nitrogens with two attached hydrogens (primary N) is 1. The standard InChI is InChI=1S/C27H30N6O8/c1-39-26(37)16-5-7-17(8-6-16)40-27(38)32-11-9-15(10-12-32)3-2-4-19-30-23(28)20-24(31-19)33(14-29-20)25-22(36)21(35)18(13-34)41-25/h5-8,14-15,18,21-22,25,34-36H,3,9-13H2,1H3,(H2,28,30,31)/t18-,21?,22?,25-/m1/s1. The molecule has 5 rings (SSSR count). The Labute approximate surface area is 234 Å². The normalized spacial score (nSPS) is 22.8. The number of hydrogen-bond donors (Lipinski definition) is 4. The Morgan fingerprint density at radius 1 is 1.15 bits per heavy atom. The van der Waals surface area contributed by atoms with Crippen molar-refractivity contribution in [1.29, 1.82) is 0 Å². The molecular weight excluding hydrogens is 536 g/mol. The molecule has 5 N–H and O–H groups in total. The molecule has 2 aliphatic rings. The molecule has 14 nitrogen and oxygen atoms in total. The minimum absolute atomic E-state index is 0.108. The quantitative estimate of drug-likeness (QED) is 0.246. The molecule has 0 aliphatic carbocycles. The Hall–Kier alpha value is -4.29. The summed E-state index contributed by atoms with van der Waals surface area (Å²) < 4.78 is 17.1. The van der Waals surface area contributed by atoms with E-state index in [0.29, 0.717) is 36.3 Å². The van der Waals surface area contributed by atoms with Crippen LogP contribution in [-0.2, 0) is 9.47 Å². The summed E-state index contributed by atoms with van der Waals surface area (Å²) in [6.45, 7) is 0.580. The molecule has 2 unspecified atom stereocenters. The second-order valence-corrected chi connectivity index (χ2v) is 9.81. The van der Waals surface area contributed by atoms with Crippen LogP contribution in [0.15, 0.2) is 30.6 Å². The highest BCUT2D eigenvalue weighted by Crippen LogP contribution is 2.32. The molecule has 0 saturated carbocycles. The number of imidazole rings is 1. The number of nitrogens with zero attached hydrogens (tertiary/aromatic N) is 5. The summed E-state index contributed by atoms with van der Waals surface area (Å²) >= 11 is 0. The number of aromatic nitrogens is 4. The minimum atomic E-state index is -1.30. The molecule has 0 bridgehead atoms. The Balaban J connectivity index is 1.17. The van der Waals surface area contributed by atoms with E-state index < -0.39 is 43.2 Å². The monoisotopic (exact) mass is 566 g/mol. The molecular formula is C27H30N6O8. The van der Waals surface area contributed by atoms with Crippen LogP contribution in [0.5, 0.6) is 5.75 Å². The number of nitrogen functional groups attached to an aromatic ring is 1. The summed E-state index contributed by atoms with van der Waals surface area (Å²) in [6, 6.07) is 6.16. The second-order valence-electron chi connectivity index (χ2n) is 9.81. The summed E-state index contributed by atoms with van der Waals surface area (Å²) in [5.41, 5.74) is 7.01. The highest BCUT2D eigenvalue weighted by molar-refractivity contribution is 5.89. The van der Waals surface area contributed by atoms with Crippen molar-refractivity contribution in [3.05, 3.63) is 42.0 Å². The van der Waals surface area contributed by atoms with E-state index in [4.69, 9.17) is 15.2 Å². The number of esters is 1. The molecule has 4 atom stereocenters. The second kappa shape index (κ2) is 12.1. The largest absolute Gasteiger partial charge is 0.465 e. The number of anilines is 1. The van der Waals surface area contributed by atoms with Crippen LogP contribution in [0.3, 0.4) is 0 Å². The molecule has 0 spiro atoms. The van der Waals surface area contributed by atoms with Gasteiger partial charge in [0, 0.05) is 19.5 Å². The molecule has 1 aromatic carbocycles. The fourth-order valence-corrected chi connectivity index (χ4v) is 4.83. The van der Waals surface area contributed by atoms with Crippen LogP contribution >= 0.6 is 0 Å². The number of hydrogen-bond acceptors (Lipinski definition) is 12.